The van der Waals surface area contributed by atoms with Crippen LogP contribution in [-0.2, 0) is 17.8 Å². The van der Waals surface area contributed by atoms with E-state index in [4.69, 9.17) is 11.5 Å². The molecule has 2 aromatic heterocycles. The van der Waals surface area contributed by atoms with E-state index in [1.165, 1.54) is 11.8 Å². The number of carbonyl (C=O) groups is 2. The van der Waals surface area contributed by atoms with Crippen LogP contribution in [0.15, 0.2) is 88.8 Å². The number of primary amides is 1. The molecule has 8 heteroatoms. The summed E-state index contributed by atoms with van der Waals surface area (Å²) < 4.78 is 0. The van der Waals surface area contributed by atoms with Gasteiger partial charge in [0, 0.05) is 39.4 Å². The van der Waals surface area contributed by atoms with Gasteiger partial charge in [-0.1, -0.05) is 60.3 Å². The molecule has 0 spiro atoms. The van der Waals surface area contributed by atoms with Crippen molar-refractivity contribution < 1.29 is 9.59 Å². The highest BCUT2D eigenvalue weighted by Crippen LogP contribution is 2.36. The molecule has 2 heterocycles. The number of aromatic amines is 2. The van der Waals surface area contributed by atoms with Gasteiger partial charge in [0.25, 0.3) is 5.91 Å². The Hall–Kier alpha value is -4.01. The van der Waals surface area contributed by atoms with E-state index in [1.807, 2.05) is 79.0 Å². The van der Waals surface area contributed by atoms with Crippen molar-refractivity contribution in [3.63, 3.8) is 0 Å². The van der Waals surface area contributed by atoms with Crippen molar-refractivity contribution in [2.75, 3.05) is 0 Å². The van der Waals surface area contributed by atoms with Crippen molar-refractivity contribution in [1.29, 1.82) is 0 Å². The van der Waals surface area contributed by atoms with E-state index < -0.39 is 11.9 Å². The molecule has 1 unspecified atom stereocenters. The first-order chi connectivity index (χ1) is 17.0. The zero-order valence-corrected chi connectivity index (χ0v) is 19.7. The SMILES string of the molecule is NC(=O)c1[nH]c2cc(CNC(=O)C(N)Cc3c[nH]c4ccccc34)ccc2c1Sc1ccccc1. The van der Waals surface area contributed by atoms with Crippen molar-refractivity contribution in [3.05, 3.63) is 95.8 Å². The van der Waals surface area contributed by atoms with Crippen molar-refractivity contribution in [2.24, 2.45) is 11.5 Å². The number of para-hydroxylation sites is 1. The number of nitrogens with two attached hydrogens (primary N) is 2. The smallest absolute Gasteiger partial charge is 0.266 e. The van der Waals surface area contributed by atoms with Crippen LogP contribution in [0.25, 0.3) is 21.8 Å². The molecular weight excluding hydrogens is 458 g/mol. The van der Waals surface area contributed by atoms with Gasteiger partial charge in [0.05, 0.1) is 10.9 Å². The fourth-order valence-electron chi connectivity index (χ4n) is 4.17. The van der Waals surface area contributed by atoms with Crippen LogP contribution in [0.4, 0.5) is 0 Å². The summed E-state index contributed by atoms with van der Waals surface area (Å²) in [6, 6.07) is 22.9. The molecule has 0 saturated heterocycles. The van der Waals surface area contributed by atoms with E-state index >= 15 is 0 Å². The predicted molar refractivity (Wildman–Crippen MR) is 139 cm³/mol. The molecule has 3 aromatic carbocycles. The second kappa shape index (κ2) is 9.69. The number of fused-ring (bicyclic) bond motifs is 2. The van der Waals surface area contributed by atoms with Crippen LogP contribution in [-0.4, -0.2) is 27.8 Å². The third kappa shape index (κ3) is 4.80. The number of aromatic nitrogens is 2. The number of hydrogen-bond acceptors (Lipinski definition) is 4. The normalized spacial score (nSPS) is 12.1. The number of nitrogens with one attached hydrogen (secondary N) is 3. The Morgan fingerprint density at radius 2 is 1.71 bits per heavy atom. The highest BCUT2D eigenvalue weighted by molar-refractivity contribution is 7.99. The van der Waals surface area contributed by atoms with E-state index in [9.17, 15) is 9.59 Å². The maximum absolute atomic E-state index is 12.7. The highest BCUT2D eigenvalue weighted by atomic mass is 32.2. The van der Waals surface area contributed by atoms with Crippen molar-refractivity contribution in [2.45, 2.75) is 28.8 Å². The summed E-state index contributed by atoms with van der Waals surface area (Å²) in [4.78, 5) is 32.9. The van der Waals surface area contributed by atoms with Crippen LogP contribution in [0.5, 0.6) is 0 Å². The summed E-state index contributed by atoms with van der Waals surface area (Å²) in [5, 5.41) is 4.90. The first kappa shape index (κ1) is 22.8. The minimum absolute atomic E-state index is 0.222. The number of benzene rings is 3. The number of rotatable bonds is 8. The van der Waals surface area contributed by atoms with Gasteiger partial charge in [-0.2, -0.15) is 0 Å². The minimum Gasteiger partial charge on any atom is -0.364 e. The van der Waals surface area contributed by atoms with Crippen molar-refractivity contribution in [3.8, 4) is 0 Å². The van der Waals surface area contributed by atoms with Crippen LogP contribution in [0.1, 0.15) is 21.6 Å². The summed E-state index contributed by atoms with van der Waals surface area (Å²) in [5.41, 5.74) is 15.9. The third-order valence-electron chi connectivity index (χ3n) is 5.94. The highest BCUT2D eigenvalue weighted by Gasteiger charge is 2.19. The fraction of sp³-hybridized carbons (Fsp3) is 0.111. The minimum atomic E-state index is -0.668. The van der Waals surface area contributed by atoms with Gasteiger partial charge in [0.2, 0.25) is 5.91 Å². The number of hydrogen-bond donors (Lipinski definition) is 5. The standard InChI is InChI=1S/C27H25N5O2S/c28-21(13-17-15-30-22-9-5-4-8-19(17)22)27(34)31-14-16-10-11-20-23(12-16)32-24(26(29)33)25(20)35-18-6-2-1-3-7-18/h1-12,15,21,30,32H,13-14,28H2,(H2,29,33)(H,31,34). The summed E-state index contributed by atoms with van der Waals surface area (Å²) in [7, 11) is 0. The van der Waals surface area contributed by atoms with Crippen LogP contribution in [0.3, 0.4) is 0 Å². The number of H-pyrrole nitrogens is 2. The van der Waals surface area contributed by atoms with Crippen molar-refractivity contribution >= 4 is 45.4 Å². The van der Waals surface area contributed by atoms with Gasteiger partial charge < -0.3 is 26.8 Å². The van der Waals surface area contributed by atoms with Gasteiger partial charge in [-0.3, -0.25) is 9.59 Å². The van der Waals surface area contributed by atoms with E-state index in [0.29, 0.717) is 18.7 Å². The first-order valence-electron chi connectivity index (χ1n) is 11.2. The second-order valence-electron chi connectivity index (χ2n) is 8.38. The fourth-order valence-corrected chi connectivity index (χ4v) is 5.24. The van der Waals surface area contributed by atoms with Crippen molar-refractivity contribution in [1.82, 2.24) is 15.3 Å². The topological polar surface area (TPSA) is 130 Å². The summed E-state index contributed by atoms with van der Waals surface area (Å²) >= 11 is 1.49. The Morgan fingerprint density at radius 1 is 0.943 bits per heavy atom. The lowest BCUT2D eigenvalue weighted by Gasteiger charge is -2.12. The molecule has 5 aromatic rings. The lowest BCUT2D eigenvalue weighted by atomic mass is 10.0. The molecule has 0 saturated carbocycles. The van der Waals surface area contributed by atoms with Gasteiger partial charge in [-0.05, 0) is 41.8 Å². The molecule has 1 atom stereocenters. The summed E-state index contributed by atoms with van der Waals surface area (Å²) in [6.07, 6.45) is 2.34. The Kier molecular flexibility index (Phi) is 6.31. The Bertz CT molecular complexity index is 1520. The van der Waals surface area contributed by atoms with Gasteiger partial charge in [0.15, 0.2) is 0 Å². The van der Waals surface area contributed by atoms with Crippen LogP contribution >= 0.6 is 11.8 Å². The quantitative estimate of drug-likeness (QED) is 0.228. The van der Waals surface area contributed by atoms with Crippen LogP contribution in [0, 0.1) is 0 Å². The van der Waals surface area contributed by atoms with E-state index in [1.54, 1.807) is 0 Å². The molecule has 0 aliphatic carbocycles. The van der Waals surface area contributed by atoms with Gasteiger partial charge in [-0.15, -0.1) is 0 Å². The molecule has 0 aliphatic rings. The van der Waals surface area contributed by atoms with Crippen LogP contribution in [0.2, 0.25) is 0 Å². The maximum Gasteiger partial charge on any atom is 0.266 e. The first-order valence-corrected chi connectivity index (χ1v) is 12.1. The zero-order valence-electron chi connectivity index (χ0n) is 18.9. The van der Waals surface area contributed by atoms with Crippen LogP contribution < -0.4 is 16.8 Å². The summed E-state index contributed by atoms with van der Waals surface area (Å²) in [6.45, 7) is 0.322. The molecular formula is C27H25N5O2S. The lowest BCUT2D eigenvalue weighted by Crippen LogP contribution is -2.41. The molecule has 5 rings (SSSR count). The number of carbonyl (C=O) groups excluding carboxylic acids is 2. The summed E-state index contributed by atoms with van der Waals surface area (Å²) in [5.74, 6) is -0.738. The zero-order chi connectivity index (χ0) is 24.4. The maximum atomic E-state index is 12.7. The Morgan fingerprint density at radius 3 is 2.51 bits per heavy atom. The molecule has 7 N–H and O–H groups in total. The molecule has 0 radical (unpaired) electrons. The van der Waals surface area contributed by atoms with Gasteiger partial charge >= 0.3 is 0 Å². The lowest BCUT2D eigenvalue weighted by molar-refractivity contribution is -0.122. The van der Waals surface area contributed by atoms with Gasteiger partial charge in [-0.25, -0.2) is 0 Å². The van der Waals surface area contributed by atoms with E-state index in [2.05, 4.69) is 15.3 Å². The molecule has 0 bridgehead atoms. The third-order valence-corrected chi connectivity index (χ3v) is 7.08. The van der Waals surface area contributed by atoms with Gasteiger partial charge in [0.1, 0.15) is 5.69 Å². The molecule has 176 valence electrons. The average molecular weight is 484 g/mol. The van der Waals surface area contributed by atoms with E-state index in [0.717, 1.165) is 42.7 Å². The predicted octanol–water partition coefficient (Wildman–Crippen LogP) is 4.09. The molecule has 0 fully saturated rings. The molecule has 35 heavy (non-hydrogen) atoms. The second-order valence-corrected chi connectivity index (χ2v) is 9.46. The Labute approximate surface area is 206 Å². The monoisotopic (exact) mass is 483 g/mol. The Balaban J connectivity index is 1.29. The molecule has 0 aliphatic heterocycles. The molecule has 7 nitrogen and oxygen atoms in total. The molecule has 2 amide bonds. The van der Waals surface area contributed by atoms with E-state index in [-0.39, 0.29) is 5.91 Å². The number of amides is 2. The average Bonchev–Trinajstić information content (AvgIpc) is 3.44. The largest absolute Gasteiger partial charge is 0.364 e.